The van der Waals surface area contributed by atoms with Crippen LogP contribution >= 0.6 is 0 Å². The second kappa shape index (κ2) is 6.83. The molecule has 2 rings (SSSR count). The van der Waals surface area contributed by atoms with Gasteiger partial charge in [0.25, 0.3) is 0 Å². The van der Waals surface area contributed by atoms with Crippen molar-refractivity contribution >= 4 is 5.78 Å². The minimum atomic E-state index is 0.145. The number of ketones is 1. The van der Waals surface area contributed by atoms with Gasteiger partial charge in [0.2, 0.25) is 0 Å². The van der Waals surface area contributed by atoms with E-state index in [-0.39, 0.29) is 5.78 Å². The molecule has 0 saturated carbocycles. The van der Waals surface area contributed by atoms with E-state index in [2.05, 4.69) is 24.0 Å². The largest absolute Gasteiger partial charge is 0.379 e. The second-order valence-electron chi connectivity index (χ2n) is 5.18. The number of ether oxygens (including phenoxy) is 1. The zero-order chi connectivity index (χ0) is 13.7. The van der Waals surface area contributed by atoms with Gasteiger partial charge in [-0.1, -0.05) is 25.5 Å². The number of hydrogen-bond donors (Lipinski definition) is 0. The molecule has 1 aliphatic rings. The van der Waals surface area contributed by atoms with Crippen LogP contribution in [0.5, 0.6) is 0 Å². The summed E-state index contributed by atoms with van der Waals surface area (Å²) >= 11 is 0. The van der Waals surface area contributed by atoms with Gasteiger partial charge in [0.1, 0.15) is 0 Å². The molecular weight excluding hydrogens is 238 g/mol. The van der Waals surface area contributed by atoms with E-state index in [1.54, 1.807) is 6.92 Å². The first kappa shape index (κ1) is 14.2. The summed E-state index contributed by atoms with van der Waals surface area (Å²) in [6, 6.07) is 6.15. The Balaban J connectivity index is 2.18. The molecule has 1 aromatic rings. The molecule has 0 amide bonds. The third-order valence-corrected chi connectivity index (χ3v) is 3.63. The van der Waals surface area contributed by atoms with Crippen molar-refractivity contribution in [3.63, 3.8) is 0 Å². The van der Waals surface area contributed by atoms with Crippen LogP contribution in [0, 0.1) is 0 Å². The number of hydrogen-bond acceptors (Lipinski definition) is 3. The summed E-state index contributed by atoms with van der Waals surface area (Å²) < 4.78 is 5.38. The molecule has 0 unspecified atom stereocenters. The van der Waals surface area contributed by atoms with Crippen LogP contribution in [-0.4, -0.2) is 37.0 Å². The third-order valence-electron chi connectivity index (χ3n) is 3.63. The van der Waals surface area contributed by atoms with E-state index < -0.39 is 0 Å². The Morgan fingerprint density at radius 1 is 1.26 bits per heavy atom. The third kappa shape index (κ3) is 3.88. The molecule has 0 bridgehead atoms. The van der Waals surface area contributed by atoms with Crippen LogP contribution in [0.2, 0.25) is 0 Å². The van der Waals surface area contributed by atoms with Gasteiger partial charge in [0, 0.05) is 25.2 Å². The first-order chi connectivity index (χ1) is 9.20. The van der Waals surface area contributed by atoms with Crippen molar-refractivity contribution < 1.29 is 9.53 Å². The molecule has 1 fully saturated rings. The van der Waals surface area contributed by atoms with Crippen LogP contribution in [0.25, 0.3) is 0 Å². The van der Waals surface area contributed by atoms with E-state index in [0.717, 1.165) is 51.3 Å². The zero-order valence-corrected chi connectivity index (χ0v) is 11.9. The maximum Gasteiger partial charge on any atom is 0.159 e. The molecule has 104 valence electrons. The number of rotatable bonds is 5. The molecule has 3 nitrogen and oxygen atoms in total. The van der Waals surface area contributed by atoms with Crippen molar-refractivity contribution in [3.05, 3.63) is 34.9 Å². The Hall–Kier alpha value is -1.19. The maximum atomic E-state index is 11.5. The van der Waals surface area contributed by atoms with Gasteiger partial charge in [0.05, 0.1) is 13.2 Å². The van der Waals surface area contributed by atoms with Gasteiger partial charge in [-0.3, -0.25) is 9.69 Å². The summed E-state index contributed by atoms with van der Waals surface area (Å²) in [5.74, 6) is 0.145. The Labute approximate surface area is 115 Å². The van der Waals surface area contributed by atoms with Crippen LogP contribution in [0.15, 0.2) is 18.2 Å². The lowest BCUT2D eigenvalue weighted by atomic mass is 9.98. The number of nitrogens with zero attached hydrogens (tertiary/aromatic N) is 1. The SMILES string of the molecule is CCCc1ccc(C(C)=O)cc1CN1CCOCC1. The summed E-state index contributed by atoms with van der Waals surface area (Å²) in [5, 5.41) is 0. The van der Waals surface area contributed by atoms with Gasteiger partial charge < -0.3 is 4.74 Å². The number of carbonyl (C=O) groups excluding carboxylic acids is 1. The molecule has 0 aliphatic carbocycles. The normalized spacial score (nSPS) is 16.5. The van der Waals surface area contributed by atoms with E-state index in [1.165, 1.54) is 11.1 Å². The van der Waals surface area contributed by atoms with Crippen molar-refractivity contribution in [2.75, 3.05) is 26.3 Å². The van der Waals surface area contributed by atoms with Crippen molar-refractivity contribution in [2.24, 2.45) is 0 Å². The molecule has 0 atom stereocenters. The lowest BCUT2D eigenvalue weighted by Gasteiger charge is -2.27. The van der Waals surface area contributed by atoms with Gasteiger partial charge in [-0.25, -0.2) is 0 Å². The number of Topliss-reactive ketones (excluding diaryl/α,β-unsaturated/α-hetero) is 1. The Kier molecular flexibility index (Phi) is 5.11. The van der Waals surface area contributed by atoms with E-state index in [0.29, 0.717) is 0 Å². The lowest BCUT2D eigenvalue weighted by Crippen LogP contribution is -2.35. The van der Waals surface area contributed by atoms with Crippen molar-refractivity contribution in [2.45, 2.75) is 33.2 Å². The molecule has 0 N–H and O–H groups in total. The molecule has 1 saturated heterocycles. The van der Waals surface area contributed by atoms with Gasteiger partial charge in [-0.2, -0.15) is 0 Å². The molecule has 0 spiro atoms. The van der Waals surface area contributed by atoms with Crippen LogP contribution < -0.4 is 0 Å². The molecule has 0 radical (unpaired) electrons. The molecule has 1 heterocycles. The van der Waals surface area contributed by atoms with Gasteiger partial charge in [-0.05, 0) is 30.5 Å². The first-order valence-electron chi connectivity index (χ1n) is 7.13. The molecule has 0 aromatic heterocycles. The smallest absolute Gasteiger partial charge is 0.159 e. The van der Waals surface area contributed by atoms with Gasteiger partial charge in [-0.15, -0.1) is 0 Å². The highest BCUT2D eigenvalue weighted by molar-refractivity contribution is 5.94. The molecule has 19 heavy (non-hydrogen) atoms. The zero-order valence-electron chi connectivity index (χ0n) is 11.9. The molecule has 3 heteroatoms. The van der Waals surface area contributed by atoms with Gasteiger partial charge >= 0.3 is 0 Å². The fraction of sp³-hybridized carbons (Fsp3) is 0.562. The quantitative estimate of drug-likeness (QED) is 0.763. The number of benzene rings is 1. The van der Waals surface area contributed by atoms with Crippen molar-refractivity contribution in [3.8, 4) is 0 Å². The summed E-state index contributed by atoms with van der Waals surface area (Å²) in [6.45, 7) is 8.35. The average molecular weight is 261 g/mol. The Bertz CT molecular complexity index is 436. The summed E-state index contributed by atoms with van der Waals surface area (Å²) in [5.41, 5.74) is 3.50. The van der Waals surface area contributed by atoms with Crippen molar-refractivity contribution in [1.29, 1.82) is 0 Å². The van der Waals surface area contributed by atoms with Crippen LogP contribution in [0.3, 0.4) is 0 Å². The Morgan fingerprint density at radius 3 is 2.63 bits per heavy atom. The van der Waals surface area contributed by atoms with Gasteiger partial charge in [0.15, 0.2) is 5.78 Å². The highest BCUT2D eigenvalue weighted by Gasteiger charge is 2.13. The summed E-state index contributed by atoms with van der Waals surface area (Å²) in [4.78, 5) is 13.9. The van der Waals surface area contributed by atoms with E-state index in [4.69, 9.17) is 4.74 Å². The topological polar surface area (TPSA) is 29.5 Å². The van der Waals surface area contributed by atoms with E-state index in [1.807, 2.05) is 6.07 Å². The fourth-order valence-corrected chi connectivity index (χ4v) is 2.51. The standard InChI is InChI=1S/C16H23NO2/c1-3-4-14-5-6-15(13(2)18)11-16(14)12-17-7-9-19-10-8-17/h5-6,11H,3-4,7-10,12H2,1-2H3. The Morgan fingerprint density at radius 2 is 2.00 bits per heavy atom. The summed E-state index contributed by atoms with van der Waals surface area (Å²) in [6.07, 6.45) is 2.22. The average Bonchev–Trinajstić information content (AvgIpc) is 2.42. The number of aryl methyl sites for hydroxylation is 1. The predicted octanol–water partition coefficient (Wildman–Crippen LogP) is 2.67. The molecule has 1 aliphatic heterocycles. The minimum absolute atomic E-state index is 0.145. The highest BCUT2D eigenvalue weighted by atomic mass is 16.5. The highest BCUT2D eigenvalue weighted by Crippen LogP contribution is 2.17. The predicted molar refractivity (Wildman–Crippen MR) is 76.5 cm³/mol. The molecular formula is C16H23NO2. The minimum Gasteiger partial charge on any atom is -0.379 e. The van der Waals surface area contributed by atoms with Crippen LogP contribution in [0.4, 0.5) is 0 Å². The lowest BCUT2D eigenvalue weighted by molar-refractivity contribution is 0.0340. The van der Waals surface area contributed by atoms with E-state index in [9.17, 15) is 4.79 Å². The number of morpholine rings is 1. The summed E-state index contributed by atoms with van der Waals surface area (Å²) in [7, 11) is 0. The van der Waals surface area contributed by atoms with Crippen LogP contribution in [-0.2, 0) is 17.7 Å². The van der Waals surface area contributed by atoms with Crippen molar-refractivity contribution in [1.82, 2.24) is 4.90 Å². The second-order valence-corrected chi connectivity index (χ2v) is 5.18. The molecule has 1 aromatic carbocycles. The van der Waals surface area contributed by atoms with E-state index >= 15 is 0 Å². The fourth-order valence-electron chi connectivity index (χ4n) is 2.51. The van der Waals surface area contributed by atoms with Crippen LogP contribution in [0.1, 0.15) is 41.8 Å². The number of carbonyl (C=O) groups is 1. The first-order valence-corrected chi connectivity index (χ1v) is 7.13. The maximum absolute atomic E-state index is 11.5. The monoisotopic (exact) mass is 261 g/mol.